The summed E-state index contributed by atoms with van der Waals surface area (Å²) in [5.41, 5.74) is 2.70. The average molecular weight is 448 g/mol. The quantitative estimate of drug-likeness (QED) is 0.437. The number of thioether (sulfide) groups is 1. The molecule has 0 fully saturated rings. The molecule has 1 aromatic carbocycles. The van der Waals surface area contributed by atoms with Crippen molar-refractivity contribution in [1.82, 2.24) is 14.5 Å². The number of hydrogen-bond acceptors (Lipinski definition) is 5. The largest absolute Gasteiger partial charge is 0.348 e. The number of aromatic nitrogens is 2. The molecule has 0 spiro atoms. The summed E-state index contributed by atoms with van der Waals surface area (Å²) in [4.78, 5) is 34.2. The first kappa shape index (κ1) is 20.4. The molecule has 152 valence electrons. The number of thiophene rings is 1. The Hall–Kier alpha value is -1.83. The van der Waals surface area contributed by atoms with Gasteiger partial charge in [0.05, 0.1) is 16.8 Å². The summed E-state index contributed by atoms with van der Waals surface area (Å²) < 4.78 is 1.61. The number of aryl methyl sites for hydroxylation is 3. The van der Waals surface area contributed by atoms with Gasteiger partial charge in [0.1, 0.15) is 4.83 Å². The number of hydrogen-bond donors (Lipinski definition) is 0. The van der Waals surface area contributed by atoms with E-state index in [0.29, 0.717) is 15.9 Å². The van der Waals surface area contributed by atoms with Crippen LogP contribution in [0.4, 0.5) is 0 Å². The van der Waals surface area contributed by atoms with Gasteiger partial charge in [0.25, 0.3) is 5.56 Å². The topological polar surface area (TPSA) is 55.2 Å². The van der Waals surface area contributed by atoms with Gasteiger partial charge < -0.3 is 4.90 Å². The van der Waals surface area contributed by atoms with Crippen LogP contribution in [-0.2, 0) is 17.6 Å². The summed E-state index contributed by atoms with van der Waals surface area (Å²) in [5, 5.41) is 1.85. The van der Waals surface area contributed by atoms with Gasteiger partial charge in [-0.1, -0.05) is 29.4 Å². The number of rotatable bonds is 4. The van der Waals surface area contributed by atoms with E-state index in [-0.39, 0.29) is 17.2 Å². The standard InChI is InChI=1S/C21H22ClN3O2S2/c1-12-8-9-13(10-15(12)22)25-20(27)18-14-6-4-5-7-16(14)29-19(18)23-21(25)28-11-17(26)24(2)3/h8-10H,4-7,11H2,1-3H3. The van der Waals surface area contributed by atoms with Gasteiger partial charge in [-0.3, -0.25) is 14.2 Å². The van der Waals surface area contributed by atoms with E-state index in [4.69, 9.17) is 16.6 Å². The van der Waals surface area contributed by atoms with Crippen molar-refractivity contribution in [1.29, 1.82) is 0 Å². The summed E-state index contributed by atoms with van der Waals surface area (Å²) in [6.45, 7) is 1.93. The van der Waals surface area contributed by atoms with Gasteiger partial charge in [-0.15, -0.1) is 11.3 Å². The van der Waals surface area contributed by atoms with E-state index in [9.17, 15) is 9.59 Å². The zero-order valence-electron chi connectivity index (χ0n) is 16.6. The zero-order chi connectivity index (χ0) is 20.7. The first-order chi connectivity index (χ1) is 13.9. The third-order valence-electron chi connectivity index (χ3n) is 5.20. The molecule has 0 atom stereocenters. The van der Waals surface area contributed by atoms with Crippen LogP contribution in [0.2, 0.25) is 5.02 Å². The van der Waals surface area contributed by atoms with E-state index in [1.807, 2.05) is 19.1 Å². The minimum Gasteiger partial charge on any atom is -0.348 e. The second kappa shape index (κ2) is 8.13. The first-order valence-corrected chi connectivity index (χ1v) is 11.7. The van der Waals surface area contributed by atoms with E-state index in [1.165, 1.54) is 16.6 Å². The molecule has 0 saturated carbocycles. The lowest BCUT2D eigenvalue weighted by Gasteiger charge is -2.15. The number of benzene rings is 1. The van der Waals surface area contributed by atoms with E-state index >= 15 is 0 Å². The second-order valence-corrected chi connectivity index (χ2v) is 9.87. The van der Waals surface area contributed by atoms with Crippen LogP contribution in [0, 0.1) is 6.92 Å². The van der Waals surface area contributed by atoms with Crippen molar-refractivity contribution in [2.45, 2.75) is 37.8 Å². The molecule has 5 nitrogen and oxygen atoms in total. The van der Waals surface area contributed by atoms with Crippen molar-refractivity contribution in [2.75, 3.05) is 19.8 Å². The maximum atomic E-state index is 13.6. The van der Waals surface area contributed by atoms with Crippen LogP contribution in [0.1, 0.15) is 28.8 Å². The van der Waals surface area contributed by atoms with Crippen LogP contribution in [0.15, 0.2) is 28.2 Å². The highest BCUT2D eigenvalue weighted by atomic mass is 35.5. The molecule has 29 heavy (non-hydrogen) atoms. The fourth-order valence-electron chi connectivity index (χ4n) is 3.49. The lowest BCUT2D eigenvalue weighted by Crippen LogP contribution is -2.25. The average Bonchev–Trinajstić information content (AvgIpc) is 3.07. The number of halogens is 1. The van der Waals surface area contributed by atoms with Crippen molar-refractivity contribution in [3.8, 4) is 5.69 Å². The molecule has 1 aliphatic carbocycles. The molecule has 4 rings (SSSR count). The van der Waals surface area contributed by atoms with Gasteiger partial charge in [0.15, 0.2) is 5.16 Å². The maximum Gasteiger partial charge on any atom is 0.267 e. The summed E-state index contributed by atoms with van der Waals surface area (Å²) in [7, 11) is 3.44. The first-order valence-electron chi connectivity index (χ1n) is 9.53. The Kier molecular flexibility index (Phi) is 5.73. The molecular formula is C21H22ClN3O2S2. The van der Waals surface area contributed by atoms with Gasteiger partial charge in [-0.2, -0.15) is 0 Å². The third-order valence-corrected chi connectivity index (χ3v) is 7.71. The Balaban J connectivity index is 1.92. The summed E-state index contributed by atoms with van der Waals surface area (Å²) in [6, 6.07) is 5.58. The highest BCUT2D eigenvalue weighted by Crippen LogP contribution is 2.35. The lowest BCUT2D eigenvalue weighted by atomic mass is 9.97. The minimum absolute atomic E-state index is 0.0247. The SMILES string of the molecule is Cc1ccc(-n2c(SCC(=O)N(C)C)nc3sc4c(c3c2=O)CCCC4)cc1Cl. The summed E-state index contributed by atoms with van der Waals surface area (Å²) >= 11 is 9.26. The fourth-order valence-corrected chi connectivity index (χ4v) is 5.96. The monoisotopic (exact) mass is 447 g/mol. The van der Waals surface area contributed by atoms with Crippen LogP contribution in [0.3, 0.4) is 0 Å². The number of fused-ring (bicyclic) bond motifs is 3. The minimum atomic E-state index is -0.0749. The van der Waals surface area contributed by atoms with Crippen LogP contribution in [0.5, 0.6) is 0 Å². The number of nitrogens with zero attached hydrogens (tertiary/aromatic N) is 3. The summed E-state index contributed by atoms with van der Waals surface area (Å²) in [5.74, 6) is 0.193. The molecule has 2 heterocycles. The zero-order valence-corrected chi connectivity index (χ0v) is 19.0. The Morgan fingerprint density at radius 1 is 1.31 bits per heavy atom. The predicted octanol–water partition coefficient (Wildman–Crippen LogP) is 4.47. The van der Waals surface area contributed by atoms with Crippen molar-refractivity contribution in [2.24, 2.45) is 0 Å². The molecule has 1 amide bonds. The van der Waals surface area contributed by atoms with Crippen molar-refractivity contribution >= 4 is 50.8 Å². The Morgan fingerprint density at radius 3 is 2.79 bits per heavy atom. The molecule has 0 radical (unpaired) electrons. The van der Waals surface area contributed by atoms with E-state index in [2.05, 4.69) is 0 Å². The Labute approximate surface area is 182 Å². The highest BCUT2D eigenvalue weighted by molar-refractivity contribution is 7.99. The van der Waals surface area contributed by atoms with Crippen LogP contribution < -0.4 is 5.56 Å². The van der Waals surface area contributed by atoms with Gasteiger partial charge in [-0.25, -0.2) is 4.98 Å². The molecule has 2 aromatic heterocycles. The molecule has 0 unspecified atom stereocenters. The van der Waals surface area contributed by atoms with Gasteiger partial charge >= 0.3 is 0 Å². The number of carbonyl (C=O) groups excluding carboxylic acids is 1. The molecule has 1 aliphatic rings. The van der Waals surface area contributed by atoms with Gasteiger partial charge in [0, 0.05) is 24.0 Å². The van der Waals surface area contributed by atoms with Crippen molar-refractivity contribution in [3.05, 3.63) is 49.6 Å². The van der Waals surface area contributed by atoms with Crippen LogP contribution in [0.25, 0.3) is 15.9 Å². The van der Waals surface area contributed by atoms with Crippen molar-refractivity contribution in [3.63, 3.8) is 0 Å². The maximum absolute atomic E-state index is 13.6. The number of carbonyl (C=O) groups is 1. The molecule has 0 N–H and O–H groups in total. The Bertz CT molecular complexity index is 1170. The fraction of sp³-hybridized carbons (Fsp3) is 0.381. The molecule has 8 heteroatoms. The molecule has 0 aliphatic heterocycles. The van der Waals surface area contributed by atoms with Crippen LogP contribution in [-0.4, -0.2) is 40.2 Å². The predicted molar refractivity (Wildman–Crippen MR) is 121 cm³/mol. The van der Waals surface area contributed by atoms with Gasteiger partial charge in [0.2, 0.25) is 5.91 Å². The summed E-state index contributed by atoms with van der Waals surface area (Å²) in [6.07, 6.45) is 4.18. The lowest BCUT2D eigenvalue weighted by molar-refractivity contribution is -0.125. The van der Waals surface area contributed by atoms with Crippen LogP contribution >= 0.6 is 34.7 Å². The second-order valence-electron chi connectivity index (χ2n) is 7.44. The van der Waals surface area contributed by atoms with E-state index in [1.54, 1.807) is 41.0 Å². The molecule has 0 bridgehead atoms. The smallest absolute Gasteiger partial charge is 0.267 e. The van der Waals surface area contributed by atoms with Crippen molar-refractivity contribution < 1.29 is 4.79 Å². The third kappa shape index (κ3) is 3.83. The van der Waals surface area contributed by atoms with E-state index in [0.717, 1.165) is 47.0 Å². The number of amides is 1. The molecule has 0 saturated heterocycles. The highest BCUT2D eigenvalue weighted by Gasteiger charge is 2.23. The normalized spacial score (nSPS) is 13.5. The van der Waals surface area contributed by atoms with Gasteiger partial charge in [-0.05, 0) is 55.9 Å². The molecule has 3 aromatic rings. The molecular weight excluding hydrogens is 426 g/mol. The van der Waals surface area contributed by atoms with E-state index < -0.39 is 0 Å². The Morgan fingerprint density at radius 2 is 2.07 bits per heavy atom.